The largest absolute Gasteiger partial charge is 0.367 e. The van der Waals surface area contributed by atoms with Crippen LogP contribution in [0.2, 0.25) is 0 Å². The summed E-state index contributed by atoms with van der Waals surface area (Å²) in [4.78, 5) is 33.7. The average molecular weight is 365 g/mol. The van der Waals surface area contributed by atoms with Crippen molar-refractivity contribution in [1.82, 2.24) is 14.9 Å². The van der Waals surface area contributed by atoms with Crippen molar-refractivity contribution in [2.45, 2.75) is 33.0 Å². The highest BCUT2D eigenvalue weighted by Gasteiger charge is 2.19. The number of para-hydroxylation sites is 1. The highest BCUT2D eigenvalue weighted by atomic mass is 16.5. The molecule has 3 aromatic rings. The molecular formula is C21H23N3O3. The van der Waals surface area contributed by atoms with Crippen LogP contribution in [0.3, 0.4) is 0 Å². The number of carbonyl (C=O) groups excluding carboxylic acids is 1. The molecule has 0 atom stereocenters. The Balaban J connectivity index is 1.68. The minimum absolute atomic E-state index is 0.0229. The number of benzene rings is 2. The Morgan fingerprint density at radius 3 is 2.56 bits per heavy atom. The Morgan fingerprint density at radius 2 is 1.81 bits per heavy atom. The summed E-state index contributed by atoms with van der Waals surface area (Å²) in [5.41, 5.74) is 1.43. The van der Waals surface area contributed by atoms with Gasteiger partial charge in [-0.1, -0.05) is 42.5 Å². The van der Waals surface area contributed by atoms with Crippen molar-refractivity contribution in [3.05, 3.63) is 76.3 Å². The topological polar surface area (TPSA) is 75.3 Å². The van der Waals surface area contributed by atoms with E-state index in [1.165, 1.54) is 0 Å². The Labute approximate surface area is 157 Å². The van der Waals surface area contributed by atoms with Gasteiger partial charge in [0.1, 0.15) is 12.4 Å². The van der Waals surface area contributed by atoms with Gasteiger partial charge < -0.3 is 14.6 Å². The molecule has 1 aromatic heterocycles. The van der Waals surface area contributed by atoms with Crippen LogP contribution in [-0.2, 0) is 22.7 Å². The number of amides is 1. The first-order chi connectivity index (χ1) is 13.0. The van der Waals surface area contributed by atoms with Gasteiger partial charge in [0.25, 0.3) is 5.56 Å². The third kappa shape index (κ3) is 4.80. The van der Waals surface area contributed by atoms with Crippen molar-refractivity contribution in [2.24, 2.45) is 0 Å². The van der Waals surface area contributed by atoms with Crippen molar-refractivity contribution >= 4 is 16.8 Å². The molecule has 140 valence electrons. The normalized spacial score (nSPS) is 11.1. The van der Waals surface area contributed by atoms with E-state index in [4.69, 9.17) is 4.74 Å². The number of fused-ring (bicyclic) bond motifs is 1. The van der Waals surface area contributed by atoms with Crippen LogP contribution in [0.25, 0.3) is 10.9 Å². The molecule has 3 rings (SSSR count). The molecule has 0 aliphatic carbocycles. The molecule has 27 heavy (non-hydrogen) atoms. The zero-order valence-corrected chi connectivity index (χ0v) is 15.5. The number of ether oxygens (including phenoxy) is 1. The molecule has 2 aromatic carbocycles. The molecule has 0 spiro atoms. The maximum absolute atomic E-state index is 12.6. The second-order valence-corrected chi connectivity index (χ2v) is 6.62. The average Bonchev–Trinajstić information content (AvgIpc) is 2.66. The number of aromatic amines is 1. The van der Waals surface area contributed by atoms with Crippen LogP contribution in [0, 0.1) is 0 Å². The van der Waals surface area contributed by atoms with Gasteiger partial charge in [0.15, 0.2) is 0 Å². The number of rotatable bonds is 7. The fraction of sp³-hybridized carbons (Fsp3) is 0.286. The molecule has 1 N–H and O–H groups in total. The molecule has 1 heterocycles. The summed E-state index contributed by atoms with van der Waals surface area (Å²) in [7, 11) is 0. The quantitative estimate of drug-likeness (QED) is 0.699. The third-order valence-electron chi connectivity index (χ3n) is 4.26. The van der Waals surface area contributed by atoms with E-state index in [1.807, 2.05) is 50.2 Å². The van der Waals surface area contributed by atoms with Crippen molar-refractivity contribution in [3.8, 4) is 0 Å². The molecule has 0 saturated carbocycles. The number of aromatic nitrogens is 2. The van der Waals surface area contributed by atoms with Gasteiger partial charge in [0.2, 0.25) is 5.91 Å². The number of hydrogen-bond acceptors (Lipinski definition) is 4. The van der Waals surface area contributed by atoms with Gasteiger partial charge in [-0.3, -0.25) is 9.59 Å². The fourth-order valence-corrected chi connectivity index (χ4v) is 2.84. The molecule has 0 fully saturated rings. The predicted molar refractivity (Wildman–Crippen MR) is 104 cm³/mol. The SMILES string of the molecule is CC(C)N(Cc1nc2ccccc2c(=O)[nH]1)C(=O)COCc1ccccc1. The Bertz CT molecular complexity index is 967. The standard InChI is InChI=1S/C21H23N3O3/c1-15(2)24(20(25)14-27-13-16-8-4-3-5-9-16)12-19-22-18-11-7-6-10-17(18)21(26)23-19/h3-11,15H,12-14H2,1-2H3,(H,22,23,26). The molecular weight excluding hydrogens is 342 g/mol. The maximum atomic E-state index is 12.6. The van der Waals surface area contributed by atoms with Crippen molar-refractivity contribution in [3.63, 3.8) is 0 Å². The van der Waals surface area contributed by atoms with E-state index in [9.17, 15) is 9.59 Å². The van der Waals surface area contributed by atoms with Gasteiger partial charge in [-0.25, -0.2) is 4.98 Å². The molecule has 1 amide bonds. The van der Waals surface area contributed by atoms with Crippen LogP contribution in [0.4, 0.5) is 0 Å². The number of H-pyrrole nitrogens is 1. The van der Waals surface area contributed by atoms with E-state index >= 15 is 0 Å². The number of hydrogen-bond donors (Lipinski definition) is 1. The second kappa shape index (κ2) is 8.60. The summed E-state index contributed by atoms with van der Waals surface area (Å²) in [6.45, 7) is 4.43. The smallest absolute Gasteiger partial charge is 0.258 e. The Hall–Kier alpha value is -2.99. The van der Waals surface area contributed by atoms with Crippen LogP contribution >= 0.6 is 0 Å². The Morgan fingerprint density at radius 1 is 1.11 bits per heavy atom. The van der Waals surface area contributed by atoms with Crippen molar-refractivity contribution in [2.75, 3.05) is 6.61 Å². The Kier molecular flexibility index (Phi) is 5.98. The molecule has 6 heteroatoms. The minimum atomic E-state index is -0.202. The highest BCUT2D eigenvalue weighted by molar-refractivity contribution is 5.78. The summed E-state index contributed by atoms with van der Waals surface area (Å²) in [6, 6.07) is 16.8. The molecule has 0 unspecified atom stereocenters. The lowest BCUT2D eigenvalue weighted by Gasteiger charge is -2.26. The second-order valence-electron chi connectivity index (χ2n) is 6.62. The molecule has 0 aliphatic rings. The van der Waals surface area contributed by atoms with E-state index < -0.39 is 0 Å². The summed E-state index contributed by atoms with van der Waals surface area (Å²) < 4.78 is 5.56. The van der Waals surface area contributed by atoms with Crippen molar-refractivity contribution < 1.29 is 9.53 Å². The lowest BCUT2D eigenvalue weighted by Crippen LogP contribution is -2.39. The number of carbonyl (C=O) groups is 1. The first-order valence-corrected chi connectivity index (χ1v) is 8.93. The van der Waals surface area contributed by atoms with Crippen molar-refractivity contribution in [1.29, 1.82) is 0 Å². The summed E-state index contributed by atoms with van der Waals surface area (Å²) in [6.07, 6.45) is 0. The van der Waals surface area contributed by atoms with Gasteiger partial charge in [-0.2, -0.15) is 0 Å². The van der Waals surface area contributed by atoms with Crippen LogP contribution in [0.5, 0.6) is 0 Å². The molecule has 6 nitrogen and oxygen atoms in total. The molecule has 0 bridgehead atoms. The van der Waals surface area contributed by atoms with Crippen LogP contribution in [0.15, 0.2) is 59.4 Å². The van der Waals surface area contributed by atoms with Gasteiger partial charge in [0, 0.05) is 6.04 Å². The van der Waals surface area contributed by atoms with E-state index in [0.29, 0.717) is 23.3 Å². The zero-order chi connectivity index (χ0) is 19.2. The molecule has 0 saturated heterocycles. The fourth-order valence-electron chi connectivity index (χ4n) is 2.84. The van der Waals surface area contributed by atoms with Gasteiger partial charge in [-0.15, -0.1) is 0 Å². The predicted octanol–water partition coefficient (Wildman–Crippen LogP) is 2.88. The molecule has 0 aliphatic heterocycles. The van der Waals surface area contributed by atoms with Crippen LogP contribution in [0.1, 0.15) is 25.2 Å². The minimum Gasteiger partial charge on any atom is -0.367 e. The van der Waals surface area contributed by atoms with E-state index in [-0.39, 0.29) is 30.7 Å². The summed E-state index contributed by atoms with van der Waals surface area (Å²) >= 11 is 0. The van der Waals surface area contributed by atoms with E-state index in [2.05, 4.69) is 9.97 Å². The summed E-state index contributed by atoms with van der Waals surface area (Å²) in [5, 5.41) is 0.537. The van der Waals surface area contributed by atoms with Crippen LogP contribution < -0.4 is 5.56 Å². The number of nitrogens with one attached hydrogen (secondary N) is 1. The first kappa shape index (κ1) is 18.8. The van der Waals surface area contributed by atoms with E-state index in [0.717, 1.165) is 5.56 Å². The van der Waals surface area contributed by atoms with Gasteiger partial charge >= 0.3 is 0 Å². The van der Waals surface area contributed by atoms with Gasteiger partial charge in [-0.05, 0) is 31.5 Å². The molecule has 0 radical (unpaired) electrons. The zero-order valence-electron chi connectivity index (χ0n) is 15.5. The maximum Gasteiger partial charge on any atom is 0.258 e. The van der Waals surface area contributed by atoms with Crippen LogP contribution in [-0.4, -0.2) is 33.4 Å². The van der Waals surface area contributed by atoms with E-state index in [1.54, 1.807) is 23.1 Å². The van der Waals surface area contributed by atoms with Gasteiger partial charge in [0.05, 0.1) is 24.1 Å². The number of nitrogens with zero attached hydrogens (tertiary/aromatic N) is 2. The first-order valence-electron chi connectivity index (χ1n) is 8.93. The highest BCUT2D eigenvalue weighted by Crippen LogP contribution is 2.10. The lowest BCUT2D eigenvalue weighted by molar-refractivity contribution is -0.139. The lowest BCUT2D eigenvalue weighted by atomic mass is 10.2. The monoisotopic (exact) mass is 365 g/mol. The third-order valence-corrected chi connectivity index (χ3v) is 4.26. The summed E-state index contributed by atoms with van der Waals surface area (Å²) in [5.74, 6) is 0.320.